The van der Waals surface area contributed by atoms with Crippen LogP contribution in [-0.2, 0) is 0 Å². The van der Waals surface area contributed by atoms with Crippen LogP contribution in [-0.4, -0.2) is 15.0 Å². The van der Waals surface area contributed by atoms with Crippen molar-refractivity contribution in [2.45, 2.75) is 0 Å². The first-order chi connectivity index (χ1) is 9.42. The van der Waals surface area contributed by atoms with Crippen molar-refractivity contribution in [3.8, 4) is 0 Å². The van der Waals surface area contributed by atoms with Gasteiger partial charge in [-0.05, 0) is 35.9 Å². The van der Waals surface area contributed by atoms with Gasteiger partial charge >= 0.3 is 0 Å². The van der Waals surface area contributed by atoms with Crippen LogP contribution >= 0.6 is 0 Å². The molecule has 0 saturated carbocycles. The van der Waals surface area contributed by atoms with Crippen LogP contribution in [0.1, 0.15) is 11.3 Å². The summed E-state index contributed by atoms with van der Waals surface area (Å²) < 4.78 is 0. The summed E-state index contributed by atoms with van der Waals surface area (Å²) in [5.41, 5.74) is 4.13. The first kappa shape index (κ1) is 11.4. The highest BCUT2D eigenvalue weighted by Gasteiger charge is 1.94. The van der Waals surface area contributed by atoms with Gasteiger partial charge in [0.2, 0.25) is 0 Å². The van der Waals surface area contributed by atoms with Gasteiger partial charge in [-0.1, -0.05) is 30.4 Å². The molecule has 0 aliphatic rings. The number of hydrogen-bond donors (Lipinski definition) is 1. The molecule has 1 aromatic carbocycles. The Kier molecular flexibility index (Phi) is 3.19. The highest BCUT2D eigenvalue weighted by atomic mass is 14.9. The Balaban J connectivity index is 1.73. The van der Waals surface area contributed by atoms with Crippen molar-refractivity contribution in [2.24, 2.45) is 0 Å². The van der Waals surface area contributed by atoms with Gasteiger partial charge in [0.1, 0.15) is 0 Å². The number of fused-ring (bicyclic) bond motifs is 1. The fourth-order valence-corrected chi connectivity index (χ4v) is 1.85. The van der Waals surface area contributed by atoms with Crippen LogP contribution in [0.25, 0.3) is 23.2 Å². The summed E-state index contributed by atoms with van der Waals surface area (Å²) in [6, 6.07) is 12.0. The number of nitrogens with one attached hydrogen (secondary N) is 1. The van der Waals surface area contributed by atoms with Crippen molar-refractivity contribution < 1.29 is 0 Å². The predicted octanol–water partition coefficient (Wildman–Crippen LogP) is 3.68. The zero-order chi connectivity index (χ0) is 12.9. The zero-order valence-electron chi connectivity index (χ0n) is 10.3. The summed E-state index contributed by atoms with van der Waals surface area (Å²) in [5, 5.41) is 0. The minimum Gasteiger partial charge on any atom is -0.345 e. The molecule has 3 aromatic rings. The highest BCUT2D eigenvalue weighted by molar-refractivity contribution is 5.77. The first-order valence-corrected chi connectivity index (χ1v) is 6.11. The molecule has 2 aromatic heterocycles. The molecule has 3 nitrogen and oxygen atoms in total. The summed E-state index contributed by atoms with van der Waals surface area (Å²) in [6.45, 7) is 0. The van der Waals surface area contributed by atoms with Crippen LogP contribution in [0.2, 0.25) is 0 Å². The number of aromatic nitrogens is 3. The van der Waals surface area contributed by atoms with E-state index in [0.29, 0.717) is 0 Å². The average Bonchev–Trinajstić information content (AvgIpc) is 2.92. The van der Waals surface area contributed by atoms with Gasteiger partial charge in [0, 0.05) is 6.20 Å². The first-order valence-electron chi connectivity index (χ1n) is 6.11. The van der Waals surface area contributed by atoms with Gasteiger partial charge < -0.3 is 4.98 Å². The number of allylic oxidation sites excluding steroid dienone is 2. The van der Waals surface area contributed by atoms with E-state index in [9.17, 15) is 0 Å². The highest BCUT2D eigenvalue weighted by Crippen LogP contribution is 2.12. The lowest BCUT2D eigenvalue weighted by Crippen LogP contribution is -1.75. The zero-order valence-corrected chi connectivity index (χ0v) is 10.3. The largest absolute Gasteiger partial charge is 0.345 e. The molecule has 3 heteroatoms. The minimum absolute atomic E-state index is 0.955. The summed E-state index contributed by atoms with van der Waals surface area (Å²) in [7, 11) is 0. The van der Waals surface area contributed by atoms with Crippen LogP contribution in [0, 0.1) is 0 Å². The average molecular weight is 247 g/mol. The summed E-state index contributed by atoms with van der Waals surface area (Å²) in [4.78, 5) is 11.5. The van der Waals surface area contributed by atoms with Gasteiger partial charge in [0.25, 0.3) is 0 Å². The summed E-state index contributed by atoms with van der Waals surface area (Å²) in [5.74, 6) is 0. The molecule has 0 saturated heterocycles. The maximum absolute atomic E-state index is 4.22. The third-order valence-corrected chi connectivity index (χ3v) is 2.80. The van der Waals surface area contributed by atoms with Gasteiger partial charge in [-0.3, -0.25) is 4.98 Å². The molecule has 1 N–H and O–H groups in total. The second kappa shape index (κ2) is 5.31. The maximum Gasteiger partial charge on any atom is 0.0931 e. The maximum atomic E-state index is 4.22. The number of H-pyrrole nitrogens is 1. The molecular formula is C16H13N3. The SMILES string of the molecule is C(/C=C/c1ccccn1)=C\c1ccc2nc[nH]c2c1. The smallest absolute Gasteiger partial charge is 0.0931 e. The fraction of sp³-hybridized carbons (Fsp3) is 0. The molecular weight excluding hydrogens is 234 g/mol. The monoisotopic (exact) mass is 247 g/mol. The summed E-state index contributed by atoms with van der Waals surface area (Å²) >= 11 is 0. The third-order valence-electron chi connectivity index (χ3n) is 2.80. The number of benzene rings is 1. The number of imidazole rings is 1. The van der Waals surface area contributed by atoms with E-state index >= 15 is 0 Å². The number of aromatic amines is 1. The van der Waals surface area contributed by atoms with Crippen molar-refractivity contribution in [2.75, 3.05) is 0 Å². The summed E-state index contributed by atoms with van der Waals surface area (Å²) in [6.07, 6.45) is 11.5. The van der Waals surface area contributed by atoms with Crippen molar-refractivity contribution in [1.82, 2.24) is 15.0 Å². The Hall–Kier alpha value is -2.68. The predicted molar refractivity (Wildman–Crippen MR) is 78.4 cm³/mol. The molecule has 92 valence electrons. The molecule has 0 fully saturated rings. The van der Waals surface area contributed by atoms with Crippen molar-refractivity contribution in [3.05, 3.63) is 72.3 Å². The van der Waals surface area contributed by atoms with Gasteiger partial charge in [0.05, 0.1) is 23.1 Å². The Morgan fingerprint density at radius 1 is 0.947 bits per heavy atom. The van der Waals surface area contributed by atoms with Gasteiger partial charge in [-0.2, -0.15) is 0 Å². The topological polar surface area (TPSA) is 41.6 Å². The van der Waals surface area contributed by atoms with E-state index in [1.807, 2.05) is 48.6 Å². The minimum atomic E-state index is 0.955. The molecule has 19 heavy (non-hydrogen) atoms. The molecule has 0 aliphatic carbocycles. The number of pyridine rings is 1. The molecule has 0 atom stereocenters. The molecule has 0 bridgehead atoms. The Morgan fingerprint density at radius 3 is 2.79 bits per heavy atom. The van der Waals surface area contributed by atoms with E-state index < -0.39 is 0 Å². The van der Waals surface area contributed by atoms with E-state index in [-0.39, 0.29) is 0 Å². The van der Waals surface area contributed by atoms with E-state index in [0.717, 1.165) is 22.3 Å². The van der Waals surface area contributed by atoms with Gasteiger partial charge in [0.15, 0.2) is 0 Å². The van der Waals surface area contributed by atoms with Crippen LogP contribution < -0.4 is 0 Å². The fourth-order valence-electron chi connectivity index (χ4n) is 1.85. The van der Waals surface area contributed by atoms with E-state index in [1.54, 1.807) is 12.5 Å². The van der Waals surface area contributed by atoms with Gasteiger partial charge in [-0.25, -0.2) is 4.98 Å². The van der Waals surface area contributed by atoms with E-state index in [2.05, 4.69) is 27.1 Å². The molecule has 2 heterocycles. The molecule has 0 aliphatic heterocycles. The number of nitrogens with zero attached hydrogens (tertiary/aromatic N) is 2. The molecule has 3 rings (SSSR count). The molecule has 0 radical (unpaired) electrons. The normalized spacial score (nSPS) is 11.8. The van der Waals surface area contributed by atoms with Crippen LogP contribution in [0.5, 0.6) is 0 Å². The van der Waals surface area contributed by atoms with Gasteiger partial charge in [-0.15, -0.1) is 0 Å². The lowest BCUT2D eigenvalue weighted by Gasteiger charge is -1.92. The second-order valence-corrected chi connectivity index (χ2v) is 4.15. The number of rotatable bonds is 3. The van der Waals surface area contributed by atoms with Crippen molar-refractivity contribution in [1.29, 1.82) is 0 Å². The lowest BCUT2D eigenvalue weighted by molar-refractivity contribution is 1.30. The second-order valence-electron chi connectivity index (χ2n) is 4.15. The van der Waals surface area contributed by atoms with Crippen LogP contribution in [0.15, 0.2) is 61.1 Å². The lowest BCUT2D eigenvalue weighted by atomic mass is 10.2. The molecule has 0 unspecified atom stereocenters. The molecule has 0 amide bonds. The Labute approximate surface area is 111 Å². The third kappa shape index (κ3) is 2.77. The Bertz CT molecular complexity index is 724. The standard InChI is InChI=1S/C16H13N3/c1(2-6-14-7-3-4-10-17-14)5-13-8-9-15-16(11-13)19-12-18-15/h1-12H,(H,18,19)/b5-1+,6-2+. The van der Waals surface area contributed by atoms with Crippen molar-refractivity contribution >= 4 is 23.2 Å². The van der Waals surface area contributed by atoms with E-state index in [4.69, 9.17) is 0 Å². The van der Waals surface area contributed by atoms with Crippen molar-refractivity contribution in [3.63, 3.8) is 0 Å². The Morgan fingerprint density at radius 2 is 1.89 bits per heavy atom. The number of hydrogen-bond acceptors (Lipinski definition) is 2. The van der Waals surface area contributed by atoms with Crippen LogP contribution in [0.4, 0.5) is 0 Å². The molecule has 0 spiro atoms. The van der Waals surface area contributed by atoms with Crippen LogP contribution in [0.3, 0.4) is 0 Å². The quantitative estimate of drug-likeness (QED) is 0.717. The van der Waals surface area contributed by atoms with E-state index in [1.165, 1.54) is 0 Å².